The van der Waals surface area contributed by atoms with E-state index in [1.807, 2.05) is 0 Å². The number of carbonyl (C=O) groups excluding carboxylic acids is 2. The second-order valence-electron chi connectivity index (χ2n) is 7.62. The molecule has 0 aromatic carbocycles. The number of aromatic amines is 1. The molecule has 2 aliphatic rings. The van der Waals surface area contributed by atoms with E-state index in [-0.39, 0.29) is 48.4 Å². The van der Waals surface area contributed by atoms with Crippen molar-refractivity contribution in [2.24, 2.45) is 17.6 Å². The van der Waals surface area contributed by atoms with Crippen molar-refractivity contribution in [3.05, 3.63) is 17.2 Å². The molecular weight excluding hydrogens is 403 g/mol. The Morgan fingerprint density at radius 2 is 1.75 bits per heavy atom. The minimum atomic E-state index is -0.511. The summed E-state index contributed by atoms with van der Waals surface area (Å²) in [4.78, 5) is 31.0. The number of H-pyrrole nitrogens is 1. The van der Waals surface area contributed by atoms with E-state index >= 15 is 0 Å². The molecule has 3 rings (SSSR count). The van der Waals surface area contributed by atoms with Gasteiger partial charge in [0, 0.05) is 11.6 Å². The highest BCUT2D eigenvalue weighted by molar-refractivity contribution is 5.89. The molecule has 28 heavy (non-hydrogen) atoms. The van der Waals surface area contributed by atoms with E-state index in [1.54, 1.807) is 0 Å². The van der Waals surface area contributed by atoms with Crippen molar-refractivity contribution in [1.29, 1.82) is 0 Å². The lowest BCUT2D eigenvalue weighted by Gasteiger charge is -2.27. The molecule has 1 aliphatic heterocycles. The number of carbonyl (C=O) groups is 2. The molecule has 1 saturated heterocycles. The Kier molecular flexibility index (Phi) is 10.3. The van der Waals surface area contributed by atoms with E-state index in [4.69, 9.17) is 10.5 Å². The second kappa shape index (κ2) is 11.6. The second-order valence-corrected chi connectivity index (χ2v) is 7.62. The number of nitrogens with two attached hydrogens (primary N) is 1. The number of imidazole rings is 1. The normalized spacial score (nSPS) is 22.6. The molecule has 1 saturated carbocycles. The van der Waals surface area contributed by atoms with E-state index < -0.39 is 5.91 Å². The number of hydrogen-bond acceptors (Lipinski definition) is 5. The highest BCUT2D eigenvalue weighted by atomic mass is 35.5. The van der Waals surface area contributed by atoms with Gasteiger partial charge in [-0.1, -0.05) is 0 Å². The molecule has 1 aromatic rings. The highest BCUT2D eigenvalue weighted by Gasteiger charge is 2.31. The fourth-order valence-corrected chi connectivity index (χ4v) is 4.36. The van der Waals surface area contributed by atoms with Crippen LogP contribution >= 0.6 is 24.8 Å². The predicted octanol–water partition coefficient (Wildman–Crippen LogP) is 2.73. The summed E-state index contributed by atoms with van der Waals surface area (Å²) in [7, 11) is 1.44. The summed E-state index contributed by atoms with van der Waals surface area (Å²) in [6.45, 7) is 2.18. The molecule has 1 aliphatic carbocycles. The topological polar surface area (TPSA) is 110 Å². The molecule has 2 fully saturated rings. The van der Waals surface area contributed by atoms with Gasteiger partial charge < -0.3 is 20.8 Å². The highest BCUT2D eigenvalue weighted by Crippen LogP contribution is 2.37. The lowest BCUT2D eigenvalue weighted by molar-refractivity contribution is -0.146. The number of piperidine rings is 1. The van der Waals surface area contributed by atoms with E-state index in [0.29, 0.717) is 0 Å². The Bertz CT molecular complexity index is 639. The third-order valence-electron chi connectivity index (χ3n) is 5.95. The van der Waals surface area contributed by atoms with Crippen LogP contribution in [0.25, 0.3) is 0 Å². The third kappa shape index (κ3) is 6.09. The van der Waals surface area contributed by atoms with Crippen LogP contribution in [0.5, 0.6) is 0 Å². The summed E-state index contributed by atoms with van der Waals surface area (Å²) < 4.78 is 4.87. The first kappa shape index (κ1) is 24.7. The van der Waals surface area contributed by atoms with Crippen molar-refractivity contribution in [3.63, 3.8) is 0 Å². The maximum absolute atomic E-state index is 11.7. The number of aromatic nitrogens is 2. The summed E-state index contributed by atoms with van der Waals surface area (Å²) in [6.07, 6.45) is 7.82. The summed E-state index contributed by atoms with van der Waals surface area (Å²) in [5, 5.41) is 3.39. The fourth-order valence-electron chi connectivity index (χ4n) is 4.36. The SMILES string of the molecule is COC(=O)C1CCC(c2nc(C(N)=O)[nH]c2CCC2CCNCC2)CC1.Cl.Cl. The molecule has 0 bridgehead atoms. The van der Waals surface area contributed by atoms with Crippen molar-refractivity contribution in [2.75, 3.05) is 20.2 Å². The molecule has 0 atom stereocenters. The number of ether oxygens (including phenoxy) is 1. The molecule has 2 heterocycles. The smallest absolute Gasteiger partial charge is 0.308 e. The number of amides is 1. The van der Waals surface area contributed by atoms with E-state index in [2.05, 4.69) is 15.3 Å². The Morgan fingerprint density at radius 3 is 2.32 bits per heavy atom. The van der Waals surface area contributed by atoms with Crippen molar-refractivity contribution in [3.8, 4) is 0 Å². The average molecular weight is 435 g/mol. The summed E-state index contributed by atoms with van der Waals surface area (Å²) in [5.41, 5.74) is 7.48. The number of hydrogen-bond donors (Lipinski definition) is 3. The van der Waals surface area contributed by atoms with E-state index in [9.17, 15) is 9.59 Å². The first-order chi connectivity index (χ1) is 12.6. The van der Waals surface area contributed by atoms with Crippen LogP contribution in [0.3, 0.4) is 0 Å². The molecular formula is C19H32Cl2N4O3. The van der Waals surface area contributed by atoms with Gasteiger partial charge in [-0.15, -0.1) is 24.8 Å². The molecule has 9 heteroatoms. The van der Waals surface area contributed by atoms with Crippen molar-refractivity contribution >= 4 is 36.7 Å². The summed E-state index contributed by atoms with van der Waals surface area (Å²) in [5.74, 6) is 0.624. The van der Waals surface area contributed by atoms with Gasteiger partial charge >= 0.3 is 5.97 Å². The summed E-state index contributed by atoms with van der Waals surface area (Å²) >= 11 is 0. The third-order valence-corrected chi connectivity index (χ3v) is 5.95. The number of halogens is 2. The van der Waals surface area contributed by atoms with Gasteiger partial charge in [0.1, 0.15) is 0 Å². The zero-order chi connectivity index (χ0) is 18.5. The Balaban J connectivity index is 0.00000196. The molecule has 7 nitrogen and oxygen atoms in total. The van der Waals surface area contributed by atoms with Crippen LogP contribution in [-0.4, -0.2) is 42.0 Å². The van der Waals surface area contributed by atoms with Gasteiger partial charge in [-0.3, -0.25) is 9.59 Å². The van der Waals surface area contributed by atoms with Gasteiger partial charge in [-0.2, -0.15) is 0 Å². The monoisotopic (exact) mass is 434 g/mol. The standard InChI is InChI=1S/C19H30N4O3.2ClH/c1-26-19(25)14-5-3-13(4-6-14)16-15(22-18(23-16)17(20)24)7-2-12-8-10-21-11-9-12;;/h12-14,21H,2-11H2,1H3,(H2,20,24)(H,22,23);2*1H. The maximum atomic E-state index is 11.7. The maximum Gasteiger partial charge on any atom is 0.308 e. The van der Waals surface area contributed by atoms with Gasteiger partial charge in [0.25, 0.3) is 5.91 Å². The molecule has 4 N–H and O–H groups in total. The van der Waals surface area contributed by atoms with Crippen molar-refractivity contribution in [1.82, 2.24) is 15.3 Å². The molecule has 0 unspecified atom stereocenters. The minimum Gasteiger partial charge on any atom is -0.469 e. The predicted molar refractivity (Wildman–Crippen MR) is 112 cm³/mol. The lowest BCUT2D eigenvalue weighted by atomic mass is 9.79. The first-order valence-corrected chi connectivity index (χ1v) is 9.75. The van der Waals surface area contributed by atoms with Crippen molar-refractivity contribution < 1.29 is 14.3 Å². The zero-order valence-electron chi connectivity index (χ0n) is 16.4. The first-order valence-electron chi connectivity index (χ1n) is 9.75. The zero-order valence-corrected chi connectivity index (χ0v) is 18.0. The molecule has 160 valence electrons. The van der Waals surface area contributed by atoms with Crippen LogP contribution in [0, 0.1) is 11.8 Å². The van der Waals surface area contributed by atoms with Gasteiger partial charge in [0.15, 0.2) is 5.82 Å². The van der Waals surface area contributed by atoms with Crippen LogP contribution in [0.2, 0.25) is 0 Å². The Morgan fingerprint density at radius 1 is 1.11 bits per heavy atom. The Hall–Kier alpha value is -1.31. The molecule has 0 spiro atoms. The van der Waals surface area contributed by atoms with Gasteiger partial charge in [0.2, 0.25) is 0 Å². The Labute approximate surface area is 178 Å². The lowest BCUT2D eigenvalue weighted by Crippen LogP contribution is -2.28. The minimum absolute atomic E-state index is 0. The van der Waals surface area contributed by atoms with Crippen LogP contribution in [-0.2, 0) is 16.0 Å². The number of aryl methyl sites for hydroxylation is 1. The molecule has 1 aromatic heterocycles. The average Bonchev–Trinajstić information content (AvgIpc) is 3.11. The summed E-state index contributed by atoms with van der Waals surface area (Å²) in [6, 6.07) is 0. The van der Waals surface area contributed by atoms with Gasteiger partial charge in [-0.25, -0.2) is 4.98 Å². The quantitative estimate of drug-likeness (QED) is 0.596. The number of rotatable bonds is 6. The van der Waals surface area contributed by atoms with Crippen LogP contribution in [0.15, 0.2) is 0 Å². The van der Waals surface area contributed by atoms with Crippen LogP contribution < -0.4 is 11.1 Å². The molecule has 0 radical (unpaired) electrons. The largest absolute Gasteiger partial charge is 0.469 e. The fraction of sp³-hybridized carbons (Fsp3) is 0.737. The van der Waals surface area contributed by atoms with Crippen LogP contribution in [0.4, 0.5) is 0 Å². The number of primary amides is 1. The van der Waals surface area contributed by atoms with Gasteiger partial charge in [-0.05, 0) is 70.4 Å². The number of methoxy groups -OCH3 is 1. The van der Waals surface area contributed by atoms with Gasteiger partial charge in [0.05, 0.1) is 18.7 Å². The number of nitrogens with one attached hydrogen (secondary N) is 2. The number of esters is 1. The van der Waals surface area contributed by atoms with Crippen molar-refractivity contribution in [2.45, 2.75) is 57.3 Å². The van der Waals surface area contributed by atoms with E-state index in [0.717, 1.165) is 68.9 Å². The van der Waals surface area contributed by atoms with E-state index in [1.165, 1.54) is 20.0 Å². The number of nitrogens with zero attached hydrogens (tertiary/aromatic N) is 1. The van der Waals surface area contributed by atoms with Crippen LogP contribution in [0.1, 0.15) is 72.9 Å². The molecule has 1 amide bonds.